The van der Waals surface area contributed by atoms with Crippen LogP contribution in [0.15, 0.2) is 20.0 Å². The van der Waals surface area contributed by atoms with Crippen molar-refractivity contribution in [1.82, 2.24) is 5.32 Å². The van der Waals surface area contributed by atoms with Crippen LogP contribution in [0, 0.1) is 0 Å². The Morgan fingerprint density at radius 2 is 1.85 bits per heavy atom. The van der Waals surface area contributed by atoms with Crippen molar-refractivity contribution >= 4 is 22.3 Å². The van der Waals surface area contributed by atoms with Gasteiger partial charge in [-0.1, -0.05) is 0 Å². The van der Waals surface area contributed by atoms with Crippen LogP contribution in [0.2, 0.25) is 32.7 Å². The minimum Gasteiger partial charge on any atom is -1.00 e. The first kappa shape index (κ1) is 20.6. The monoisotopic (exact) mass is 384 g/mol. The van der Waals surface area contributed by atoms with Crippen molar-refractivity contribution < 1.29 is 54.5 Å². The van der Waals surface area contributed by atoms with Gasteiger partial charge in [0.25, 0.3) is 0 Å². The molecule has 111 valence electrons. The van der Waals surface area contributed by atoms with Crippen molar-refractivity contribution in [2.45, 2.75) is 39.2 Å². The number of rotatable bonds is 4. The number of allylic oxidation sites excluding steroid dienone is 3. The predicted molar refractivity (Wildman–Crippen MR) is 73.6 cm³/mol. The quantitative estimate of drug-likeness (QED) is 0.505. The molecule has 0 aromatic heterocycles. The van der Waals surface area contributed by atoms with E-state index >= 15 is 0 Å². The topological polar surface area (TPSA) is 38.3 Å². The Morgan fingerprint density at radius 1 is 1.30 bits per heavy atom. The first-order valence-corrected chi connectivity index (χ1v) is 13.4. The third-order valence-electron chi connectivity index (χ3n) is 3.32. The van der Waals surface area contributed by atoms with Crippen molar-refractivity contribution in [3.8, 4) is 0 Å². The van der Waals surface area contributed by atoms with Crippen molar-refractivity contribution in [3.63, 3.8) is 0 Å². The van der Waals surface area contributed by atoms with E-state index in [-0.39, 0.29) is 37.3 Å². The molecule has 1 N–H and O–H groups in total. The zero-order chi connectivity index (χ0) is 13.7. The number of carbonyl (C=O) groups is 1. The smallest absolute Gasteiger partial charge is 1.00 e. The Bertz CT molecular complexity index is 484. The van der Waals surface area contributed by atoms with Gasteiger partial charge in [-0.2, -0.15) is 0 Å². The summed E-state index contributed by atoms with van der Waals surface area (Å²) < 4.78 is 7.09. The second-order valence-corrected chi connectivity index (χ2v) is 16.2. The molecular formula is C12H20Cl2NO2Si2Ti. The molecule has 0 spiro atoms. The van der Waals surface area contributed by atoms with E-state index in [1.165, 1.54) is 9.07 Å². The van der Waals surface area contributed by atoms with E-state index in [0.29, 0.717) is 0 Å². The standard InChI is InChI=1S/C12H20NO2Si2.2ClH.Ti/c1-16(2,3)15-8-11(14)13-9-6-7-10-12(9)17(10,4)5;;;/h6,8H2,1-5H3,(H,13,14);2*1H;/q;;;+2/p-2. The SMILES string of the molecule is C[Si](C)(C)OCC(=O)NC1=C2C(=[C]([Ti+2])C1)[Si]2(C)C.[Cl-].[Cl-]. The zero-order valence-corrected chi connectivity index (χ0v) is 17.6. The number of hydrogen-bond donors (Lipinski definition) is 1. The van der Waals surface area contributed by atoms with Gasteiger partial charge >= 0.3 is 123 Å². The molecule has 0 aromatic rings. The Labute approximate surface area is 147 Å². The maximum absolute atomic E-state index is 11.9. The Morgan fingerprint density at radius 3 is 2.25 bits per heavy atom. The third-order valence-corrected chi connectivity index (χ3v) is 8.74. The van der Waals surface area contributed by atoms with Crippen LogP contribution in [-0.4, -0.2) is 28.9 Å². The van der Waals surface area contributed by atoms with Crippen LogP contribution < -0.4 is 30.1 Å². The Kier molecular flexibility index (Phi) is 7.03. The molecule has 1 amide bonds. The summed E-state index contributed by atoms with van der Waals surface area (Å²) in [7, 11) is -2.85. The van der Waals surface area contributed by atoms with E-state index in [1.807, 2.05) is 0 Å². The summed E-state index contributed by atoms with van der Waals surface area (Å²) in [6.07, 6.45) is 0.930. The minimum absolute atomic E-state index is 0. The van der Waals surface area contributed by atoms with Gasteiger partial charge in [-0.25, -0.2) is 0 Å². The maximum atomic E-state index is 11.9. The first-order chi connectivity index (χ1) is 8.13. The molecule has 0 radical (unpaired) electrons. The summed E-state index contributed by atoms with van der Waals surface area (Å²) in [5, 5.41) is 6.13. The molecule has 0 atom stereocenters. The number of amides is 1. The molecule has 1 fully saturated rings. The van der Waals surface area contributed by atoms with Gasteiger partial charge in [-0.15, -0.1) is 0 Å². The van der Waals surface area contributed by atoms with E-state index in [2.05, 4.69) is 58.5 Å². The van der Waals surface area contributed by atoms with Gasteiger partial charge < -0.3 is 24.8 Å². The molecule has 2 aliphatic rings. The number of nitrogens with one attached hydrogen (secondary N) is 1. The van der Waals surface area contributed by atoms with Crippen LogP contribution in [-0.2, 0) is 29.7 Å². The molecule has 20 heavy (non-hydrogen) atoms. The summed E-state index contributed by atoms with van der Waals surface area (Å²) in [6.45, 7) is 11.2. The van der Waals surface area contributed by atoms with Gasteiger partial charge in [0.1, 0.15) is 0 Å². The molecule has 2 rings (SSSR count). The van der Waals surface area contributed by atoms with E-state index in [1.54, 1.807) is 5.20 Å². The molecule has 0 saturated carbocycles. The zero-order valence-electron chi connectivity index (χ0n) is 12.5. The van der Waals surface area contributed by atoms with Crippen LogP contribution in [0.4, 0.5) is 0 Å². The van der Waals surface area contributed by atoms with Crippen LogP contribution in [0.25, 0.3) is 0 Å². The molecular weight excluding hydrogens is 365 g/mol. The van der Waals surface area contributed by atoms with E-state index in [0.717, 1.165) is 12.1 Å². The van der Waals surface area contributed by atoms with Crippen molar-refractivity contribution in [1.29, 1.82) is 0 Å². The predicted octanol–water partition coefficient (Wildman–Crippen LogP) is -3.78. The molecule has 0 bridgehead atoms. The van der Waals surface area contributed by atoms with Gasteiger partial charge in [0.2, 0.25) is 0 Å². The normalized spacial score (nSPS) is 19.1. The second-order valence-electron chi connectivity index (χ2n) is 6.46. The molecule has 3 nitrogen and oxygen atoms in total. The van der Waals surface area contributed by atoms with Gasteiger partial charge in [0.15, 0.2) is 0 Å². The fourth-order valence-electron chi connectivity index (χ4n) is 2.47. The second kappa shape index (κ2) is 6.82. The fraction of sp³-hybridized carbons (Fsp3) is 0.583. The molecule has 1 aliphatic heterocycles. The summed E-state index contributed by atoms with van der Waals surface area (Å²) in [5.41, 5.74) is 1.16. The number of fused-ring (bicyclic) bond motifs is 1. The van der Waals surface area contributed by atoms with E-state index in [9.17, 15) is 4.79 Å². The molecule has 8 heteroatoms. The fourth-order valence-corrected chi connectivity index (χ4v) is 8.90. The average molecular weight is 385 g/mol. The Hall–Kier alpha value is 0.638. The van der Waals surface area contributed by atoms with E-state index < -0.39 is 16.4 Å². The summed E-state index contributed by atoms with van der Waals surface area (Å²) >= 11 is 2.19. The Balaban J connectivity index is 0.00000180. The van der Waals surface area contributed by atoms with Gasteiger partial charge in [-0.05, 0) is 0 Å². The third kappa shape index (κ3) is 4.32. The number of halogens is 2. The van der Waals surface area contributed by atoms with Crippen LogP contribution in [0.3, 0.4) is 0 Å². The van der Waals surface area contributed by atoms with E-state index in [4.69, 9.17) is 4.43 Å². The molecule has 1 heterocycles. The summed E-state index contributed by atoms with van der Waals surface area (Å²) in [5.74, 6) is 0.00525. The molecule has 0 aromatic carbocycles. The van der Waals surface area contributed by atoms with Crippen molar-refractivity contribution in [2.24, 2.45) is 0 Å². The first-order valence-electron chi connectivity index (χ1n) is 6.26. The molecule has 1 aliphatic carbocycles. The number of hydrogen-bond acceptors (Lipinski definition) is 2. The maximum Gasteiger partial charge on any atom is -1.00 e. The van der Waals surface area contributed by atoms with Crippen molar-refractivity contribution in [2.75, 3.05) is 6.61 Å². The summed E-state index contributed by atoms with van der Waals surface area (Å²) in [6, 6.07) is 0. The van der Waals surface area contributed by atoms with Crippen molar-refractivity contribution in [3.05, 3.63) is 20.0 Å². The largest absolute Gasteiger partial charge is 1.00 e. The van der Waals surface area contributed by atoms with Gasteiger partial charge in [0, 0.05) is 0 Å². The summed E-state index contributed by atoms with van der Waals surface area (Å²) in [4.78, 5) is 11.9. The average Bonchev–Trinajstić information content (AvgIpc) is 2.57. The minimum atomic E-state index is -1.60. The van der Waals surface area contributed by atoms with Gasteiger partial charge in [0.05, 0.1) is 0 Å². The molecule has 1 saturated heterocycles. The van der Waals surface area contributed by atoms with Crippen LogP contribution in [0.5, 0.6) is 0 Å². The van der Waals surface area contributed by atoms with Crippen LogP contribution >= 0.6 is 0 Å². The number of carbonyl (C=O) groups excluding carboxylic acids is 1. The van der Waals surface area contributed by atoms with Crippen LogP contribution in [0.1, 0.15) is 6.42 Å². The van der Waals surface area contributed by atoms with Gasteiger partial charge in [-0.3, -0.25) is 0 Å². The molecule has 0 unspecified atom stereocenters.